The number of aliphatic hydroxyl groups is 1. The van der Waals surface area contributed by atoms with Crippen LogP contribution >= 0.6 is 0 Å². The zero-order chi connectivity index (χ0) is 14.9. The highest BCUT2D eigenvalue weighted by atomic mass is 16.3. The Morgan fingerprint density at radius 3 is 2.85 bits per heavy atom. The van der Waals surface area contributed by atoms with E-state index in [1.165, 1.54) is 0 Å². The van der Waals surface area contributed by atoms with Gasteiger partial charge in [-0.3, -0.25) is 9.48 Å². The summed E-state index contributed by atoms with van der Waals surface area (Å²) in [6.45, 7) is 5.69. The van der Waals surface area contributed by atoms with E-state index in [2.05, 4.69) is 15.4 Å². The summed E-state index contributed by atoms with van der Waals surface area (Å²) in [5, 5.41) is 17.1. The smallest absolute Gasteiger partial charge is 0.253 e. The lowest BCUT2D eigenvalue weighted by Crippen LogP contribution is -2.38. The molecule has 1 amide bonds. The molecule has 0 spiro atoms. The maximum Gasteiger partial charge on any atom is 0.253 e. The molecule has 0 aliphatic rings. The van der Waals surface area contributed by atoms with Gasteiger partial charge in [-0.1, -0.05) is 6.92 Å². The Kier molecular flexibility index (Phi) is 4.04. The van der Waals surface area contributed by atoms with Crippen molar-refractivity contribution in [3.63, 3.8) is 0 Å². The summed E-state index contributed by atoms with van der Waals surface area (Å²) < 4.78 is 1.70. The number of rotatable bonds is 4. The van der Waals surface area contributed by atoms with Gasteiger partial charge in [-0.25, -0.2) is 4.98 Å². The van der Waals surface area contributed by atoms with Crippen molar-refractivity contribution >= 4 is 16.9 Å². The topological polar surface area (TPSA) is 80.0 Å². The lowest BCUT2D eigenvalue weighted by molar-refractivity contribution is 0.0916. The number of carbonyl (C=O) groups is 1. The first-order valence-corrected chi connectivity index (χ1v) is 6.65. The van der Waals surface area contributed by atoms with E-state index in [0.29, 0.717) is 5.56 Å². The Bertz CT molecular complexity index is 635. The molecule has 2 aromatic rings. The fraction of sp³-hybridized carbons (Fsp3) is 0.500. The summed E-state index contributed by atoms with van der Waals surface area (Å²) in [5.74, 6) is -0.175. The zero-order valence-corrected chi connectivity index (χ0v) is 12.2. The Labute approximate surface area is 117 Å². The van der Waals surface area contributed by atoms with Gasteiger partial charge in [0.2, 0.25) is 0 Å². The van der Waals surface area contributed by atoms with Gasteiger partial charge >= 0.3 is 0 Å². The summed E-state index contributed by atoms with van der Waals surface area (Å²) in [6, 6.07) is 1.70. The fourth-order valence-electron chi connectivity index (χ4n) is 2.02. The Morgan fingerprint density at radius 1 is 1.50 bits per heavy atom. The third-order valence-corrected chi connectivity index (χ3v) is 3.63. The summed E-state index contributed by atoms with van der Waals surface area (Å²) in [7, 11) is 1.83. The lowest BCUT2D eigenvalue weighted by Gasteiger charge is -2.19. The SMILES string of the molecule is Cc1nn(C)c2ncc(C(=O)NC(C)C(C)CO)cc12. The van der Waals surface area contributed by atoms with E-state index in [0.717, 1.165) is 16.7 Å². The van der Waals surface area contributed by atoms with Crippen LogP contribution in [0.3, 0.4) is 0 Å². The molecule has 2 rings (SSSR count). The van der Waals surface area contributed by atoms with E-state index >= 15 is 0 Å². The predicted octanol–water partition coefficient (Wildman–Crippen LogP) is 1.02. The minimum atomic E-state index is -0.185. The van der Waals surface area contributed by atoms with Crippen LogP contribution in [0.25, 0.3) is 11.0 Å². The molecule has 20 heavy (non-hydrogen) atoms. The standard InChI is InChI=1S/C14H20N4O2/c1-8(7-19)9(2)16-14(20)11-5-12-10(3)17-18(4)13(12)15-6-11/h5-6,8-9,19H,7H2,1-4H3,(H,16,20). The number of carbonyl (C=O) groups excluding carboxylic acids is 1. The van der Waals surface area contributed by atoms with Crippen LogP contribution in [0.1, 0.15) is 29.9 Å². The van der Waals surface area contributed by atoms with E-state index in [4.69, 9.17) is 5.11 Å². The van der Waals surface area contributed by atoms with Gasteiger partial charge < -0.3 is 10.4 Å². The van der Waals surface area contributed by atoms with E-state index in [1.54, 1.807) is 16.9 Å². The minimum Gasteiger partial charge on any atom is -0.396 e. The van der Waals surface area contributed by atoms with Gasteiger partial charge in [-0.2, -0.15) is 5.10 Å². The van der Waals surface area contributed by atoms with Gasteiger partial charge in [0.15, 0.2) is 5.65 Å². The number of pyridine rings is 1. The molecule has 0 radical (unpaired) electrons. The van der Waals surface area contributed by atoms with Crippen molar-refractivity contribution in [2.45, 2.75) is 26.8 Å². The van der Waals surface area contributed by atoms with Crippen molar-refractivity contribution in [1.29, 1.82) is 0 Å². The van der Waals surface area contributed by atoms with Gasteiger partial charge in [-0.15, -0.1) is 0 Å². The number of aliphatic hydroxyl groups excluding tert-OH is 1. The van der Waals surface area contributed by atoms with Crippen LogP contribution < -0.4 is 5.32 Å². The van der Waals surface area contributed by atoms with E-state index < -0.39 is 0 Å². The number of nitrogens with zero attached hydrogens (tertiary/aromatic N) is 3. The molecule has 6 heteroatoms. The number of hydrogen-bond donors (Lipinski definition) is 2. The van der Waals surface area contributed by atoms with Crippen LogP contribution in [0, 0.1) is 12.8 Å². The first-order valence-electron chi connectivity index (χ1n) is 6.65. The summed E-state index contributed by atoms with van der Waals surface area (Å²) in [4.78, 5) is 16.5. The molecule has 0 aromatic carbocycles. The second-order valence-corrected chi connectivity index (χ2v) is 5.23. The molecule has 2 N–H and O–H groups in total. The van der Waals surface area contributed by atoms with Gasteiger partial charge in [0.1, 0.15) is 0 Å². The van der Waals surface area contributed by atoms with Crippen molar-refractivity contribution in [1.82, 2.24) is 20.1 Å². The van der Waals surface area contributed by atoms with E-state index in [9.17, 15) is 4.79 Å². The van der Waals surface area contributed by atoms with Crippen LogP contribution in [0.15, 0.2) is 12.3 Å². The first-order chi connectivity index (χ1) is 9.43. The van der Waals surface area contributed by atoms with Crippen LogP contribution in [-0.2, 0) is 7.05 Å². The van der Waals surface area contributed by atoms with Crippen molar-refractivity contribution < 1.29 is 9.90 Å². The fourth-order valence-corrected chi connectivity index (χ4v) is 2.02. The molecule has 0 bridgehead atoms. The number of amides is 1. The van der Waals surface area contributed by atoms with E-state index in [-0.39, 0.29) is 24.5 Å². The molecule has 108 valence electrons. The van der Waals surface area contributed by atoms with Gasteiger partial charge in [0.05, 0.1) is 11.3 Å². The van der Waals surface area contributed by atoms with Crippen molar-refractivity contribution in [3.05, 3.63) is 23.5 Å². The van der Waals surface area contributed by atoms with Crippen molar-refractivity contribution in [2.24, 2.45) is 13.0 Å². The summed E-state index contributed by atoms with van der Waals surface area (Å²) in [6.07, 6.45) is 1.55. The number of aromatic nitrogens is 3. The second kappa shape index (κ2) is 5.58. The maximum absolute atomic E-state index is 12.2. The zero-order valence-electron chi connectivity index (χ0n) is 12.2. The van der Waals surface area contributed by atoms with Crippen molar-refractivity contribution in [2.75, 3.05) is 6.61 Å². The largest absolute Gasteiger partial charge is 0.396 e. The van der Waals surface area contributed by atoms with Crippen LogP contribution in [0.4, 0.5) is 0 Å². The number of hydrogen-bond acceptors (Lipinski definition) is 4. The van der Waals surface area contributed by atoms with Crippen LogP contribution in [0.5, 0.6) is 0 Å². The number of fused-ring (bicyclic) bond motifs is 1. The molecule has 0 saturated carbocycles. The van der Waals surface area contributed by atoms with Crippen LogP contribution in [-0.4, -0.2) is 38.4 Å². The molecule has 0 fully saturated rings. The first kappa shape index (κ1) is 14.5. The molecule has 0 saturated heterocycles. The molecular weight excluding hydrogens is 256 g/mol. The lowest BCUT2D eigenvalue weighted by atomic mass is 10.0. The maximum atomic E-state index is 12.2. The molecule has 2 aromatic heterocycles. The Hall–Kier alpha value is -1.95. The predicted molar refractivity (Wildman–Crippen MR) is 76.4 cm³/mol. The third kappa shape index (κ3) is 2.65. The van der Waals surface area contributed by atoms with Gasteiger partial charge in [0, 0.05) is 31.3 Å². The normalized spacial score (nSPS) is 14.2. The summed E-state index contributed by atoms with van der Waals surface area (Å²) >= 11 is 0. The Morgan fingerprint density at radius 2 is 2.20 bits per heavy atom. The number of aryl methyl sites for hydroxylation is 2. The average molecular weight is 276 g/mol. The molecule has 2 heterocycles. The minimum absolute atomic E-state index is 0.00997. The molecule has 2 unspecified atom stereocenters. The third-order valence-electron chi connectivity index (χ3n) is 3.63. The van der Waals surface area contributed by atoms with E-state index in [1.807, 2.05) is 27.8 Å². The molecule has 0 aliphatic carbocycles. The second-order valence-electron chi connectivity index (χ2n) is 5.23. The molecule has 2 atom stereocenters. The number of nitrogens with one attached hydrogen (secondary N) is 1. The molecular formula is C14H20N4O2. The van der Waals surface area contributed by atoms with Crippen molar-refractivity contribution in [3.8, 4) is 0 Å². The molecule has 6 nitrogen and oxygen atoms in total. The Balaban J connectivity index is 2.25. The van der Waals surface area contributed by atoms with Gasteiger partial charge in [0.25, 0.3) is 5.91 Å². The van der Waals surface area contributed by atoms with Crippen LogP contribution in [0.2, 0.25) is 0 Å². The highest BCUT2D eigenvalue weighted by Crippen LogP contribution is 2.16. The highest BCUT2D eigenvalue weighted by molar-refractivity contribution is 5.97. The summed E-state index contributed by atoms with van der Waals surface area (Å²) in [5.41, 5.74) is 2.11. The quantitative estimate of drug-likeness (QED) is 0.874. The molecule has 0 aliphatic heterocycles. The average Bonchev–Trinajstić information content (AvgIpc) is 2.72. The monoisotopic (exact) mass is 276 g/mol. The highest BCUT2D eigenvalue weighted by Gasteiger charge is 2.16. The van der Waals surface area contributed by atoms with Gasteiger partial charge in [-0.05, 0) is 25.8 Å².